The summed E-state index contributed by atoms with van der Waals surface area (Å²) in [6.07, 6.45) is 0. The third-order valence-electron chi connectivity index (χ3n) is 2.22. The lowest BCUT2D eigenvalue weighted by molar-refractivity contribution is 0.102. The lowest BCUT2D eigenvalue weighted by atomic mass is 10.2. The molecule has 0 saturated carbocycles. The molecule has 0 aliphatic rings. The summed E-state index contributed by atoms with van der Waals surface area (Å²) in [6, 6.07) is 6.50. The fourth-order valence-corrected chi connectivity index (χ4v) is 1.85. The van der Waals surface area contributed by atoms with Crippen molar-refractivity contribution in [3.8, 4) is 5.75 Å². The SMILES string of the molecule is O=C(Nc1cc(Cl)c(O)c(Cl)c1)c1cccc(F)n1. The Morgan fingerprint density at radius 3 is 2.47 bits per heavy atom. The lowest BCUT2D eigenvalue weighted by Crippen LogP contribution is -2.14. The van der Waals surface area contributed by atoms with Gasteiger partial charge in [0.2, 0.25) is 5.95 Å². The smallest absolute Gasteiger partial charge is 0.274 e. The van der Waals surface area contributed by atoms with E-state index in [9.17, 15) is 14.3 Å². The molecule has 98 valence electrons. The minimum Gasteiger partial charge on any atom is -0.505 e. The van der Waals surface area contributed by atoms with E-state index in [4.69, 9.17) is 23.2 Å². The summed E-state index contributed by atoms with van der Waals surface area (Å²) >= 11 is 11.4. The first-order valence-corrected chi connectivity index (χ1v) is 5.85. The van der Waals surface area contributed by atoms with Crippen molar-refractivity contribution >= 4 is 34.8 Å². The summed E-state index contributed by atoms with van der Waals surface area (Å²) in [7, 11) is 0. The van der Waals surface area contributed by atoms with E-state index in [1.54, 1.807) is 0 Å². The number of phenols is 1. The Kier molecular flexibility index (Phi) is 3.87. The van der Waals surface area contributed by atoms with Crippen molar-refractivity contribution in [3.05, 3.63) is 52.0 Å². The third-order valence-corrected chi connectivity index (χ3v) is 2.80. The van der Waals surface area contributed by atoms with Gasteiger partial charge in [-0.25, -0.2) is 4.98 Å². The van der Waals surface area contributed by atoms with Gasteiger partial charge in [0, 0.05) is 5.69 Å². The molecule has 1 amide bonds. The highest BCUT2D eigenvalue weighted by atomic mass is 35.5. The summed E-state index contributed by atoms with van der Waals surface area (Å²) in [6.45, 7) is 0. The predicted molar refractivity (Wildman–Crippen MR) is 70.3 cm³/mol. The minimum atomic E-state index is -0.755. The van der Waals surface area contributed by atoms with Crippen LogP contribution in [0.25, 0.3) is 0 Å². The first-order chi connectivity index (χ1) is 8.97. The van der Waals surface area contributed by atoms with Gasteiger partial charge in [0.25, 0.3) is 5.91 Å². The summed E-state index contributed by atoms with van der Waals surface area (Å²) in [4.78, 5) is 15.2. The highest BCUT2D eigenvalue weighted by Crippen LogP contribution is 2.34. The first-order valence-electron chi connectivity index (χ1n) is 5.09. The number of benzene rings is 1. The molecule has 2 N–H and O–H groups in total. The number of aromatic hydroxyl groups is 1. The van der Waals surface area contributed by atoms with Crippen LogP contribution in [0, 0.1) is 5.95 Å². The number of nitrogens with zero attached hydrogens (tertiary/aromatic N) is 1. The highest BCUT2D eigenvalue weighted by Gasteiger charge is 2.11. The Hall–Kier alpha value is -1.85. The number of rotatable bonds is 2. The van der Waals surface area contributed by atoms with Crippen LogP contribution in [0.5, 0.6) is 5.75 Å². The normalized spacial score (nSPS) is 10.3. The van der Waals surface area contributed by atoms with Gasteiger partial charge in [-0.15, -0.1) is 0 Å². The van der Waals surface area contributed by atoms with E-state index >= 15 is 0 Å². The molecule has 0 radical (unpaired) electrons. The van der Waals surface area contributed by atoms with Crippen molar-refractivity contribution in [2.45, 2.75) is 0 Å². The number of aromatic nitrogens is 1. The van der Waals surface area contributed by atoms with Gasteiger partial charge in [-0.2, -0.15) is 4.39 Å². The summed E-state index contributed by atoms with van der Waals surface area (Å²) < 4.78 is 12.9. The Morgan fingerprint density at radius 1 is 1.26 bits per heavy atom. The van der Waals surface area contributed by atoms with Gasteiger partial charge in [0.05, 0.1) is 10.0 Å². The van der Waals surface area contributed by atoms with E-state index in [1.165, 1.54) is 24.3 Å². The van der Waals surface area contributed by atoms with Gasteiger partial charge in [0.15, 0.2) is 5.75 Å². The number of pyridine rings is 1. The second-order valence-corrected chi connectivity index (χ2v) is 4.40. The Bertz CT molecular complexity index is 626. The number of carbonyl (C=O) groups excluding carboxylic acids is 1. The molecule has 0 saturated heterocycles. The van der Waals surface area contributed by atoms with Crippen LogP contribution < -0.4 is 5.32 Å². The third kappa shape index (κ3) is 3.13. The first kappa shape index (κ1) is 13.6. The predicted octanol–water partition coefficient (Wildman–Crippen LogP) is 3.49. The molecule has 0 bridgehead atoms. The molecule has 19 heavy (non-hydrogen) atoms. The van der Waals surface area contributed by atoms with Crippen LogP contribution in [0.3, 0.4) is 0 Å². The molecule has 0 unspecified atom stereocenters. The maximum Gasteiger partial charge on any atom is 0.274 e. The summed E-state index contributed by atoms with van der Waals surface area (Å²) in [5.41, 5.74) is 0.184. The quantitative estimate of drug-likeness (QED) is 0.659. The maximum absolute atomic E-state index is 12.9. The van der Waals surface area contributed by atoms with Crippen LogP contribution in [-0.4, -0.2) is 16.0 Å². The number of hydrogen-bond donors (Lipinski definition) is 2. The molecule has 0 atom stereocenters. The number of hydrogen-bond acceptors (Lipinski definition) is 3. The van der Waals surface area contributed by atoms with Crippen LogP contribution in [0.4, 0.5) is 10.1 Å². The fourth-order valence-electron chi connectivity index (χ4n) is 1.37. The van der Waals surface area contributed by atoms with Crippen LogP contribution in [0.1, 0.15) is 10.5 Å². The van der Waals surface area contributed by atoms with Crippen molar-refractivity contribution in [3.63, 3.8) is 0 Å². The van der Waals surface area contributed by atoms with Gasteiger partial charge in [-0.05, 0) is 24.3 Å². The molecular formula is C12H7Cl2FN2O2. The molecule has 1 aromatic carbocycles. The van der Waals surface area contributed by atoms with Crippen molar-refractivity contribution < 1.29 is 14.3 Å². The summed E-state index contributed by atoms with van der Waals surface area (Å²) in [5, 5.41) is 11.8. The number of anilines is 1. The number of nitrogens with one attached hydrogen (secondary N) is 1. The van der Waals surface area contributed by atoms with Crippen molar-refractivity contribution in [2.75, 3.05) is 5.32 Å². The molecular weight excluding hydrogens is 294 g/mol. The van der Waals surface area contributed by atoms with E-state index in [2.05, 4.69) is 10.3 Å². The molecule has 4 nitrogen and oxygen atoms in total. The van der Waals surface area contributed by atoms with E-state index in [1.807, 2.05) is 0 Å². The second kappa shape index (κ2) is 5.42. The second-order valence-electron chi connectivity index (χ2n) is 3.59. The van der Waals surface area contributed by atoms with E-state index in [0.29, 0.717) is 0 Å². The van der Waals surface area contributed by atoms with E-state index in [-0.39, 0.29) is 27.2 Å². The molecule has 1 aromatic heterocycles. The van der Waals surface area contributed by atoms with Gasteiger partial charge in [-0.1, -0.05) is 29.3 Å². The minimum absolute atomic E-state index is 0.00463. The van der Waals surface area contributed by atoms with Gasteiger partial charge >= 0.3 is 0 Å². The Labute approximate surface area is 117 Å². The van der Waals surface area contributed by atoms with Gasteiger partial charge in [0.1, 0.15) is 5.69 Å². The highest BCUT2D eigenvalue weighted by molar-refractivity contribution is 6.37. The maximum atomic E-state index is 12.9. The largest absolute Gasteiger partial charge is 0.505 e. The molecule has 0 fully saturated rings. The van der Waals surface area contributed by atoms with Gasteiger partial charge < -0.3 is 10.4 Å². The van der Waals surface area contributed by atoms with E-state index in [0.717, 1.165) is 6.07 Å². The molecule has 1 heterocycles. The Balaban J connectivity index is 2.24. The average Bonchev–Trinajstić information content (AvgIpc) is 2.36. The number of carbonyl (C=O) groups is 1. The molecule has 0 aliphatic heterocycles. The molecule has 0 spiro atoms. The van der Waals surface area contributed by atoms with Crippen molar-refractivity contribution in [1.29, 1.82) is 0 Å². The average molecular weight is 301 g/mol. The molecule has 2 rings (SSSR count). The fraction of sp³-hybridized carbons (Fsp3) is 0. The van der Waals surface area contributed by atoms with Crippen LogP contribution in [0.15, 0.2) is 30.3 Å². The monoisotopic (exact) mass is 300 g/mol. The van der Waals surface area contributed by atoms with Crippen molar-refractivity contribution in [1.82, 2.24) is 4.98 Å². The topological polar surface area (TPSA) is 62.2 Å². The molecule has 2 aromatic rings. The van der Waals surface area contributed by atoms with Gasteiger partial charge in [-0.3, -0.25) is 4.79 Å². The zero-order valence-corrected chi connectivity index (χ0v) is 10.8. The summed E-state index contributed by atoms with van der Waals surface area (Å²) in [5.74, 6) is -1.64. The number of amides is 1. The van der Waals surface area contributed by atoms with Crippen molar-refractivity contribution in [2.24, 2.45) is 0 Å². The number of phenolic OH excluding ortho intramolecular Hbond substituents is 1. The van der Waals surface area contributed by atoms with Crippen LogP contribution in [0.2, 0.25) is 10.0 Å². The lowest BCUT2D eigenvalue weighted by Gasteiger charge is -2.07. The molecule has 0 aliphatic carbocycles. The Morgan fingerprint density at radius 2 is 1.89 bits per heavy atom. The molecule has 7 heteroatoms. The van der Waals surface area contributed by atoms with E-state index < -0.39 is 11.9 Å². The van der Waals surface area contributed by atoms with Crippen LogP contribution >= 0.6 is 23.2 Å². The standard InChI is InChI=1S/C12H7Cl2FN2O2/c13-7-4-6(5-8(14)11(7)18)16-12(19)9-2-1-3-10(15)17-9/h1-5,18H,(H,16,19). The zero-order valence-electron chi connectivity index (χ0n) is 9.32. The number of halogens is 3. The van der Waals surface area contributed by atoms with Crippen LogP contribution in [-0.2, 0) is 0 Å². The zero-order chi connectivity index (χ0) is 14.0.